The molecule has 1 aromatic heterocycles. The first-order chi connectivity index (χ1) is 9.81. The molecule has 0 saturated heterocycles. The Morgan fingerprint density at radius 3 is 2.75 bits per heavy atom. The van der Waals surface area contributed by atoms with Crippen molar-refractivity contribution in [1.82, 2.24) is 4.57 Å². The fourth-order valence-electron chi connectivity index (χ4n) is 2.47. The van der Waals surface area contributed by atoms with Crippen molar-refractivity contribution in [3.63, 3.8) is 0 Å². The quantitative estimate of drug-likeness (QED) is 0.788. The van der Waals surface area contributed by atoms with E-state index in [2.05, 4.69) is 41.1 Å². The minimum absolute atomic E-state index is 0.554. The van der Waals surface area contributed by atoms with Gasteiger partial charge in [0, 0.05) is 24.8 Å². The lowest BCUT2D eigenvalue weighted by Gasteiger charge is -2.07. The molecule has 2 aromatic carbocycles. The second kappa shape index (κ2) is 5.20. The molecule has 3 heteroatoms. The van der Waals surface area contributed by atoms with E-state index in [1.807, 2.05) is 24.3 Å². The van der Waals surface area contributed by atoms with Crippen molar-refractivity contribution < 1.29 is 0 Å². The standard InChI is InChI=1S/C17H15N3/c18-10-13-5-6-17-14(9-13)7-8-20(17)12-16-4-2-1-3-15(16)11-19/h1-9H,10,12,18H2. The van der Waals surface area contributed by atoms with Gasteiger partial charge in [0.2, 0.25) is 0 Å². The first kappa shape index (κ1) is 12.5. The Morgan fingerprint density at radius 2 is 1.95 bits per heavy atom. The van der Waals surface area contributed by atoms with Crippen LogP contribution in [-0.2, 0) is 13.1 Å². The maximum absolute atomic E-state index is 9.16. The smallest absolute Gasteiger partial charge is 0.0995 e. The summed E-state index contributed by atoms with van der Waals surface area (Å²) in [6, 6.07) is 18.3. The average molecular weight is 261 g/mol. The summed E-state index contributed by atoms with van der Waals surface area (Å²) in [6.07, 6.45) is 2.05. The minimum atomic E-state index is 0.554. The van der Waals surface area contributed by atoms with Gasteiger partial charge in [0.25, 0.3) is 0 Å². The molecule has 0 aliphatic rings. The van der Waals surface area contributed by atoms with Crippen molar-refractivity contribution in [3.8, 4) is 6.07 Å². The fourth-order valence-corrected chi connectivity index (χ4v) is 2.47. The van der Waals surface area contributed by atoms with Crippen LogP contribution in [0.2, 0.25) is 0 Å². The Balaban J connectivity index is 2.01. The monoisotopic (exact) mass is 261 g/mol. The number of benzene rings is 2. The molecule has 0 fully saturated rings. The number of aromatic nitrogens is 1. The van der Waals surface area contributed by atoms with E-state index in [0.29, 0.717) is 13.1 Å². The molecule has 3 rings (SSSR count). The summed E-state index contributed by atoms with van der Waals surface area (Å²) in [5.74, 6) is 0. The minimum Gasteiger partial charge on any atom is -0.343 e. The van der Waals surface area contributed by atoms with Gasteiger partial charge in [-0.15, -0.1) is 0 Å². The highest BCUT2D eigenvalue weighted by Crippen LogP contribution is 2.20. The number of hydrogen-bond donors (Lipinski definition) is 1. The first-order valence-electron chi connectivity index (χ1n) is 6.57. The van der Waals surface area contributed by atoms with Gasteiger partial charge in [0.15, 0.2) is 0 Å². The summed E-state index contributed by atoms with van der Waals surface area (Å²) in [4.78, 5) is 0. The molecule has 2 N–H and O–H groups in total. The number of hydrogen-bond acceptors (Lipinski definition) is 2. The van der Waals surface area contributed by atoms with E-state index < -0.39 is 0 Å². The van der Waals surface area contributed by atoms with Crippen LogP contribution in [0.1, 0.15) is 16.7 Å². The van der Waals surface area contributed by atoms with Gasteiger partial charge in [0.05, 0.1) is 11.6 Å². The molecule has 1 heterocycles. The summed E-state index contributed by atoms with van der Waals surface area (Å²) in [6.45, 7) is 1.26. The van der Waals surface area contributed by atoms with Crippen LogP contribution >= 0.6 is 0 Å². The molecule has 98 valence electrons. The molecule has 0 radical (unpaired) electrons. The number of rotatable bonds is 3. The molecule has 0 atom stereocenters. The summed E-state index contributed by atoms with van der Waals surface area (Å²) in [5.41, 5.74) is 9.73. The second-order valence-corrected chi connectivity index (χ2v) is 4.81. The molecule has 0 aliphatic heterocycles. The molecule has 0 aliphatic carbocycles. The molecule has 0 bridgehead atoms. The largest absolute Gasteiger partial charge is 0.343 e. The van der Waals surface area contributed by atoms with E-state index in [4.69, 9.17) is 11.0 Å². The number of nitriles is 1. The lowest BCUT2D eigenvalue weighted by atomic mass is 10.1. The Labute approximate surface area is 117 Å². The topological polar surface area (TPSA) is 54.7 Å². The highest BCUT2D eigenvalue weighted by atomic mass is 14.9. The zero-order valence-electron chi connectivity index (χ0n) is 11.1. The molecule has 0 saturated carbocycles. The summed E-state index contributed by atoms with van der Waals surface area (Å²) in [5, 5.41) is 10.3. The third-order valence-electron chi connectivity index (χ3n) is 3.55. The Morgan fingerprint density at radius 1 is 1.10 bits per heavy atom. The van der Waals surface area contributed by atoms with E-state index >= 15 is 0 Å². The predicted octanol–water partition coefficient (Wildman–Crippen LogP) is 3.02. The summed E-state index contributed by atoms with van der Waals surface area (Å²) >= 11 is 0. The fraction of sp³-hybridized carbons (Fsp3) is 0.118. The molecule has 0 unspecified atom stereocenters. The Kier molecular flexibility index (Phi) is 3.24. The van der Waals surface area contributed by atoms with Crippen LogP contribution in [0.5, 0.6) is 0 Å². The van der Waals surface area contributed by atoms with Crippen molar-refractivity contribution in [2.24, 2.45) is 5.73 Å². The number of fused-ring (bicyclic) bond motifs is 1. The van der Waals surface area contributed by atoms with Crippen molar-refractivity contribution in [2.75, 3.05) is 0 Å². The zero-order chi connectivity index (χ0) is 13.9. The molecule has 0 amide bonds. The number of nitrogens with zero attached hydrogens (tertiary/aromatic N) is 2. The van der Waals surface area contributed by atoms with Gasteiger partial charge in [-0.3, -0.25) is 0 Å². The van der Waals surface area contributed by atoms with E-state index in [1.54, 1.807) is 0 Å². The van der Waals surface area contributed by atoms with Gasteiger partial charge in [-0.25, -0.2) is 0 Å². The Bertz CT molecular complexity index is 793. The third kappa shape index (κ3) is 2.18. The van der Waals surface area contributed by atoms with Gasteiger partial charge in [-0.2, -0.15) is 5.26 Å². The lowest BCUT2D eigenvalue weighted by molar-refractivity contribution is 0.834. The van der Waals surface area contributed by atoms with E-state index in [9.17, 15) is 0 Å². The van der Waals surface area contributed by atoms with Gasteiger partial charge < -0.3 is 10.3 Å². The second-order valence-electron chi connectivity index (χ2n) is 4.81. The summed E-state index contributed by atoms with van der Waals surface area (Å²) in [7, 11) is 0. The lowest BCUT2D eigenvalue weighted by Crippen LogP contribution is -2.00. The maximum atomic E-state index is 9.16. The van der Waals surface area contributed by atoms with E-state index in [0.717, 1.165) is 22.2 Å². The summed E-state index contributed by atoms with van der Waals surface area (Å²) < 4.78 is 2.16. The Hall–Kier alpha value is -2.57. The van der Waals surface area contributed by atoms with E-state index in [-0.39, 0.29) is 0 Å². The van der Waals surface area contributed by atoms with Gasteiger partial charge in [-0.1, -0.05) is 24.3 Å². The molecule has 0 spiro atoms. The van der Waals surface area contributed by atoms with Crippen molar-refractivity contribution >= 4 is 10.9 Å². The van der Waals surface area contributed by atoms with Crippen LogP contribution in [0, 0.1) is 11.3 Å². The number of nitrogens with two attached hydrogens (primary N) is 1. The van der Waals surface area contributed by atoms with Crippen LogP contribution < -0.4 is 5.73 Å². The van der Waals surface area contributed by atoms with Crippen molar-refractivity contribution in [1.29, 1.82) is 5.26 Å². The third-order valence-corrected chi connectivity index (χ3v) is 3.55. The van der Waals surface area contributed by atoms with Crippen LogP contribution in [0.4, 0.5) is 0 Å². The van der Waals surface area contributed by atoms with Crippen LogP contribution in [0.25, 0.3) is 10.9 Å². The SMILES string of the molecule is N#Cc1ccccc1Cn1ccc2cc(CN)ccc21. The van der Waals surface area contributed by atoms with Crippen molar-refractivity contribution in [3.05, 3.63) is 71.4 Å². The van der Waals surface area contributed by atoms with Gasteiger partial charge >= 0.3 is 0 Å². The highest BCUT2D eigenvalue weighted by molar-refractivity contribution is 5.81. The average Bonchev–Trinajstić information content (AvgIpc) is 2.90. The van der Waals surface area contributed by atoms with Gasteiger partial charge in [0.1, 0.15) is 0 Å². The predicted molar refractivity (Wildman–Crippen MR) is 80.1 cm³/mol. The first-order valence-corrected chi connectivity index (χ1v) is 6.57. The zero-order valence-corrected chi connectivity index (χ0v) is 11.1. The molecule has 3 aromatic rings. The normalized spacial score (nSPS) is 10.6. The van der Waals surface area contributed by atoms with Crippen LogP contribution in [0.3, 0.4) is 0 Å². The molecule has 20 heavy (non-hydrogen) atoms. The maximum Gasteiger partial charge on any atom is 0.0995 e. The van der Waals surface area contributed by atoms with Crippen LogP contribution in [0.15, 0.2) is 54.7 Å². The molecular formula is C17H15N3. The molecule has 3 nitrogen and oxygen atoms in total. The van der Waals surface area contributed by atoms with Crippen molar-refractivity contribution in [2.45, 2.75) is 13.1 Å². The van der Waals surface area contributed by atoms with E-state index in [1.165, 1.54) is 5.39 Å². The van der Waals surface area contributed by atoms with Crippen LogP contribution in [-0.4, -0.2) is 4.57 Å². The molecular weight excluding hydrogens is 246 g/mol. The highest BCUT2D eigenvalue weighted by Gasteiger charge is 2.05. The van der Waals surface area contributed by atoms with Gasteiger partial charge in [-0.05, 0) is 40.8 Å².